The Labute approximate surface area is 245 Å². The average Bonchev–Trinajstić information content (AvgIpc) is 2.93. The predicted molar refractivity (Wildman–Crippen MR) is 156 cm³/mol. The molecule has 2 saturated carbocycles. The lowest BCUT2D eigenvalue weighted by Crippen LogP contribution is -2.67. The molecule has 0 unspecified atom stereocenters. The van der Waals surface area contributed by atoms with Crippen LogP contribution in [-0.2, 0) is 22.6 Å². The van der Waals surface area contributed by atoms with Crippen molar-refractivity contribution >= 4 is 23.2 Å². The number of aromatic hydroxyl groups is 1. The molecule has 0 aromatic heterocycles. The summed E-state index contributed by atoms with van der Waals surface area (Å²) in [5, 5.41) is 54.2. The van der Waals surface area contributed by atoms with Crippen LogP contribution in [0, 0.1) is 17.2 Å². The zero-order valence-corrected chi connectivity index (χ0v) is 24.7. The first-order chi connectivity index (χ1) is 19.9. The summed E-state index contributed by atoms with van der Waals surface area (Å²) in [5.74, 6) is -4.28. The van der Waals surface area contributed by atoms with Crippen LogP contribution in [0.2, 0.25) is 0 Å². The molecule has 0 aliphatic heterocycles. The van der Waals surface area contributed by atoms with Crippen LogP contribution in [0.5, 0.6) is 11.5 Å². The molecule has 0 heterocycles. The number of phenols is 1. The summed E-state index contributed by atoms with van der Waals surface area (Å²) >= 11 is 0. The maximum absolute atomic E-state index is 14.1. The van der Waals surface area contributed by atoms with Gasteiger partial charge in [0.25, 0.3) is 5.91 Å². The van der Waals surface area contributed by atoms with Gasteiger partial charge in [-0.25, -0.2) is 0 Å². The molecule has 4 atom stereocenters. The Morgan fingerprint density at radius 3 is 2.43 bits per heavy atom. The van der Waals surface area contributed by atoms with Crippen LogP contribution in [-0.4, -0.2) is 93.1 Å². The van der Waals surface area contributed by atoms with Gasteiger partial charge in [-0.15, -0.1) is 0 Å². The predicted octanol–water partition coefficient (Wildman–Crippen LogP) is 2.58. The summed E-state index contributed by atoms with van der Waals surface area (Å²) in [4.78, 5) is 30.3. The first-order valence-electron chi connectivity index (χ1n) is 14.7. The number of fused-ring (bicyclic) bond motifs is 3. The molecule has 42 heavy (non-hydrogen) atoms. The highest BCUT2D eigenvalue weighted by Gasteiger charge is 2.63. The number of primary amides is 1. The van der Waals surface area contributed by atoms with Crippen molar-refractivity contribution < 1.29 is 34.8 Å². The first kappa shape index (κ1) is 30.1. The second kappa shape index (κ2) is 11.0. The van der Waals surface area contributed by atoms with E-state index < -0.39 is 58.0 Å². The van der Waals surface area contributed by atoms with Crippen LogP contribution < -0.4 is 10.5 Å². The number of methoxy groups -OCH3 is 1. The molecule has 1 aromatic carbocycles. The zero-order valence-electron chi connectivity index (χ0n) is 24.7. The Hall–Kier alpha value is -3.41. The van der Waals surface area contributed by atoms with Crippen LogP contribution in [0.3, 0.4) is 0 Å². The number of nitrogens with two attached hydrogens (primary N) is 1. The smallest absolute Gasteiger partial charge is 0.254 e. The normalized spacial score (nSPS) is 28.2. The van der Waals surface area contributed by atoms with E-state index in [1.54, 1.807) is 32.2 Å². The number of nitrogens with one attached hydrogen (secondary N) is 1. The van der Waals surface area contributed by atoms with Crippen LogP contribution in [0.4, 0.5) is 0 Å². The van der Waals surface area contributed by atoms with Gasteiger partial charge in [0.1, 0.15) is 28.6 Å². The quantitative estimate of drug-likeness (QED) is 0.282. The molecular weight excluding hydrogens is 540 g/mol. The van der Waals surface area contributed by atoms with E-state index >= 15 is 0 Å². The molecule has 1 amide bonds. The number of Topliss-reactive ketones (excluding diaryl/α,β-unsaturated/α-hetero) is 1. The van der Waals surface area contributed by atoms with Crippen molar-refractivity contribution in [2.24, 2.45) is 17.6 Å². The maximum Gasteiger partial charge on any atom is 0.254 e. The number of likely N-dealkylation sites (N-methyl/N-ethyl adjacent to an activating group) is 1. The van der Waals surface area contributed by atoms with Crippen molar-refractivity contribution in [3.8, 4) is 11.5 Å². The number of hydrogen-bond donors (Lipinski definition) is 6. The number of amides is 1. The molecule has 4 aliphatic rings. The number of hydrogen-bond acceptors (Lipinski definition) is 10. The number of aliphatic hydroxyl groups is 3. The second-order valence-corrected chi connectivity index (χ2v) is 12.3. The number of aliphatic hydroxyl groups excluding tert-OH is 2. The van der Waals surface area contributed by atoms with E-state index in [0.29, 0.717) is 23.9 Å². The molecular formula is C31H42N4O7. The van der Waals surface area contributed by atoms with Gasteiger partial charge >= 0.3 is 0 Å². The third kappa shape index (κ3) is 4.40. The van der Waals surface area contributed by atoms with Crippen molar-refractivity contribution in [3.05, 3.63) is 39.7 Å². The highest BCUT2D eigenvalue weighted by molar-refractivity contribution is 6.33. The van der Waals surface area contributed by atoms with Crippen molar-refractivity contribution in [3.63, 3.8) is 0 Å². The van der Waals surface area contributed by atoms with Gasteiger partial charge < -0.3 is 36.3 Å². The summed E-state index contributed by atoms with van der Waals surface area (Å²) in [6, 6.07) is 1.04. The summed E-state index contributed by atoms with van der Waals surface area (Å²) in [7, 11) is 4.82. The average molecular weight is 583 g/mol. The third-order valence-electron chi connectivity index (χ3n) is 9.88. The highest BCUT2D eigenvalue weighted by atomic mass is 16.5. The summed E-state index contributed by atoms with van der Waals surface area (Å²) < 4.78 is 5.90. The van der Waals surface area contributed by atoms with Gasteiger partial charge in [0.2, 0.25) is 5.78 Å². The molecule has 5 rings (SSSR count). The number of ketones is 1. The van der Waals surface area contributed by atoms with Crippen LogP contribution in [0.25, 0.3) is 5.76 Å². The SMILES string of the molecule is CCN(Cc1cc(O)c2c(c1OC)C[C@H]1C[C@H]3[C@H](N(C)C)C(O)=C(C(N)=O)C(=N)[C@@]3(O)C(=O)C1=C2O)C1CCCCC1. The Kier molecular flexibility index (Phi) is 7.88. The van der Waals surface area contributed by atoms with Gasteiger partial charge in [-0.3, -0.25) is 19.4 Å². The van der Waals surface area contributed by atoms with Crippen molar-refractivity contribution in [2.75, 3.05) is 27.7 Å². The fraction of sp³-hybridized carbons (Fsp3) is 0.581. The van der Waals surface area contributed by atoms with Crippen molar-refractivity contribution in [2.45, 2.75) is 76.1 Å². The minimum absolute atomic E-state index is 0.0676. The summed E-state index contributed by atoms with van der Waals surface area (Å²) in [6.45, 7) is 3.51. The van der Waals surface area contributed by atoms with Crippen molar-refractivity contribution in [1.29, 1.82) is 5.41 Å². The summed E-state index contributed by atoms with van der Waals surface area (Å²) in [6.07, 6.45) is 6.20. The monoisotopic (exact) mass is 582 g/mol. The first-order valence-corrected chi connectivity index (χ1v) is 14.7. The van der Waals surface area contributed by atoms with Gasteiger partial charge in [-0.1, -0.05) is 26.2 Å². The second-order valence-electron chi connectivity index (χ2n) is 12.3. The maximum atomic E-state index is 14.1. The number of nitrogens with zero attached hydrogens (tertiary/aromatic N) is 2. The fourth-order valence-corrected chi connectivity index (χ4v) is 7.95. The molecule has 11 heteroatoms. The number of rotatable bonds is 7. The van der Waals surface area contributed by atoms with Crippen molar-refractivity contribution in [1.82, 2.24) is 9.80 Å². The lowest BCUT2D eigenvalue weighted by Gasteiger charge is -2.51. The van der Waals surface area contributed by atoms with E-state index in [-0.39, 0.29) is 29.7 Å². The Bertz CT molecular complexity index is 1390. The van der Waals surface area contributed by atoms with E-state index in [1.165, 1.54) is 19.3 Å². The standard InChI is InChI=1S/C31H42N4O7/c1-5-35(17-9-7-6-8-10-17)14-16-13-20(36)22-18(27(16)42-4)11-15-12-19-24(34(2)3)26(38)23(30(33)40)28(32)31(19,41)29(39)21(15)25(22)37/h13,15,17,19,24,32,36-38,41H,5-12,14H2,1-4H3,(H2,33,40)/t15-,19-,24-,31+/m0/s1. The molecule has 1 aromatic rings. The van der Waals surface area contributed by atoms with Gasteiger partial charge in [0.05, 0.1) is 24.4 Å². The molecule has 0 radical (unpaired) electrons. The largest absolute Gasteiger partial charge is 0.510 e. The Morgan fingerprint density at radius 1 is 1.19 bits per heavy atom. The Balaban J connectivity index is 1.61. The minimum Gasteiger partial charge on any atom is -0.510 e. The number of benzene rings is 1. The minimum atomic E-state index is -2.51. The molecule has 11 nitrogen and oxygen atoms in total. The van der Waals surface area contributed by atoms with E-state index in [9.17, 15) is 30.0 Å². The van der Waals surface area contributed by atoms with Gasteiger partial charge in [-0.05, 0) is 58.3 Å². The molecule has 0 spiro atoms. The third-order valence-corrected chi connectivity index (χ3v) is 9.88. The fourth-order valence-electron chi connectivity index (χ4n) is 7.95. The number of carbonyl (C=O) groups excluding carboxylic acids is 2. The number of phenolic OH excluding ortho intramolecular Hbond substituents is 1. The molecule has 0 saturated heterocycles. The molecule has 0 bridgehead atoms. The lowest BCUT2D eigenvalue weighted by atomic mass is 9.56. The lowest BCUT2D eigenvalue weighted by molar-refractivity contribution is -0.138. The number of ether oxygens (including phenoxy) is 1. The van der Waals surface area contributed by atoms with Crippen LogP contribution in [0.15, 0.2) is 23.0 Å². The molecule has 2 fully saturated rings. The van der Waals surface area contributed by atoms with Gasteiger partial charge in [0.15, 0.2) is 5.60 Å². The van der Waals surface area contributed by atoms with E-state index in [0.717, 1.165) is 24.9 Å². The van der Waals surface area contributed by atoms with Crippen LogP contribution >= 0.6 is 0 Å². The van der Waals surface area contributed by atoms with Gasteiger partial charge in [0, 0.05) is 35.2 Å². The Morgan fingerprint density at radius 2 is 1.86 bits per heavy atom. The van der Waals surface area contributed by atoms with E-state index in [2.05, 4.69) is 11.8 Å². The van der Waals surface area contributed by atoms with Gasteiger partial charge in [-0.2, -0.15) is 0 Å². The number of carbonyl (C=O) groups is 2. The highest BCUT2D eigenvalue weighted by Crippen LogP contribution is 2.53. The summed E-state index contributed by atoms with van der Waals surface area (Å²) in [5.41, 5.74) is 2.87. The molecule has 228 valence electrons. The van der Waals surface area contributed by atoms with E-state index in [1.807, 2.05) is 0 Å². The molecule has 7 N–H and O–H groups in total. The van der Waals surface area contributed by atoms with Crippen LogP contribution in [0.1, 0.15) is 62.1 Å². The molecule has 4 aliphatic carbocycles. The zero-order chi connectivity index (χ0) is 30.7. The van der Waals surface area contributed by atoms with E-state index in [4.69, 9.17) is 15.9 Å². The topological polar surface area (TPSA) is 181 Å².